The maximum absolute atomic E-state index is 12.5. The molecule has 4 rings (SSSR count). The number of piperidine rings is 1. The lowest BCUT2D eigenvalue weighted by atomic mass is 9.91. The lowest BCUT2D eigenvalue weighted by molar-refractivity contribution is -0.127. The molecule has 2 bridgehead atoms. The number of hydrogen-bond acceptors (Lipinski definition) is 4. The van der Waals surface area contributed by atoms with Crippen molar-refractivity contribution < 1.29 is 14.3 Å². The minimum Gasteiger partial charge on any atom is -0.497 e. The van der Waals surface area contributed by atoms with Gasteiger partial charge in [0.05, 0.1) is 7.11 Å². The molecule has 26 heavy (non-hydrogen) atoms. The summed E-state index contributed by atoms with van der Waals surface area (Å²) >= 11 is 0. The van der Waals surface area contributed by atoms with E-state index in [0.717, 1.165) is 25.4 Å². The van der Waals surface area contributed by atoms with Crippen LogP contribution in [-0.2, 0) is 16.1 Å². The zero-order valence-electron chi connectivity index (χ0n) is 15.2. The number of hydrogen-bond donors (Lipinski definition) is 2. The van der Waals surface area contributed by atoms with Gasteiger partial charge in [-0.3, -0.25) is 14.5 Å². The number of rotatable bonds is 5. The maximum atomic E-state index is 12.5. The van der Waals surface area contributed by atoms with Crippen LogP contribution in [0.3, 0.4) is 0 Å². The first-order valence-electron chi connectivity index (χ1n) is 9.57. The van der Waals surface area contributed by atoms with Crippen molar-refractivity contribution in [2.24, 2.45) is 11.8 Å². The van der Waals surface area contributed by atoms with E-state index in [1.165, 1.54) is 18.4 Å². The molecule has 1 aliphatic carbocycles. The number of likely N-dealkylation sites (tertiary alicyclic amines) is 1. The molecular weight excluding hydrogens is 330 g/mol. The highest BCUT2D eigenvalue weighted by atomic mass is 16.5. The molecule has 0 aromatic heterocycles. The summed E-state index contributed by atoms with van der Waals surface area (Å²) in [5.74, 6) is 1.88. The Morgan fingerprint density at radius 3 is 2.69 bits per heavy atom. The van der Waals surface area contributed by atoms with Gasteiger partial charge in [0.1, 0.15) is 11.8 Å². The third-order valence-corrected chi connectivity index (χ3v) is 6.07. The lowest BCUT2D eigenvalue weighted by Crippen LogP contribution is -2.55. The number of carbonyl (C=O) groups is 2. The van der Waals surface area contributed by atoms with E-state index in [9.17, 15) is 9.59 Å². The summed E-state index contributed by atoms with van der Waals surface area (Å²) in [5, 5.41) is 6.02. The number of fused-ring (bicyclic) bond motifs is 2. The molecule has 3 aliphatic rings. The van der Waals surface area contributed by atoms with E-state index in [0.29, 0.717) is 24.7 Å². The van der Waals surface area contributed by atoms with Crippen LogP contribution in [-0.4, -0.2) is 49.0 Å². The van der Waals surface area contributed by atoms with Gasteiger partial charge in [-0.15, -0.1) is 0 Å². The maximum Gasteiger partial charge on any atom is 0.242 e. The zero-order chi connectivity index (χ0) is 18.1. The lowest BCUT2D eigenvalue weighted by Gasteiger charge is -2.38. The van der Waals surface area contributed by atoms with Crippen molar-refractivity contribution in [3.05, 3.63) is 29.8 Å². The number of nitrogens with zero attached hydrogens (tertiary/aromatic N) is 1. The van der Waals surface area contributed by atoms with Crippen LogP contribution in [0.5, 0.6) is 5.75 Å². The molecular formula is C20H27N3O3. The van der Waals surface area contributed by atoms with Crippen molar-refractivity contribution in [3.63, 3.8) is 0 Å². The average molecular weight is 357 g/mol. The minimum absolute atomic E-state index is 0.000930. The standard InChI is InChI=1S/C20H27N3O3/c1-26-16-4-2-3-13(9-16)10-23-11-14-5-6-15(12-23)19(14)22-20(25)17-7-8-18(24)21-17/h2-4,9,14-15,17,19H,5-8,10-12H2,1H3,(H,21,24)(H,22,25)/t14-,15+,17?,19?. The average Bonchev–Trinajstić information content (AvgIpc) is 3.16. The van der Waals surface area contributed by atoms with E-state index >= 15 is 0 Å². The van der Waals surface area contributed by atoms with E-state index in [4.69, 9.17) is 4.74 Å². The zero-order valence-corrected chi connectivity index (χ0v) is 15.2. The molecule has 1 aromatic rings. The largest absolute Gasteiger partial charge is 0.497 e. The highest BCUT2D eigenvalue weighted by molar-refractivity contribution is 5.90. The van der Waals surface area contributed by atoms with Gasteiger partial charge in [0.25, 0.3) is 0 Å². The van der Waals surface area contributed by atoms with Crippen molar-refractivity contribution in [1.29, 1.82) is 0 Å². The second kappa shape index (κ2) is 7.27. The minimum atomic E-state index is -0.336. The van der Waals surface area contributed by atoms with Gasteiger partial charge in [0, 0.05) is 32.1 Å². The van der Waals surface area contributed by atoms with Gasteiger partial charge >= 0.3 is 0 Å². The Kier molecular flexibility index (Phi) is 4.85. The van der Waals surface area contributed by atoms with Crippen LogP contribution in [0.4, 0.5) is 0 Å². The topological polar surface area (TPSA) is 70.7 Å². The fraction of sp³-hybridized carbons (Fsp3) is 0.600. The van der Waals surface area contributed by atoms with Crippen molar-refractivity contribution >= 4 is 11.8 Å². The van der Waals surface area contributed by atoms with E-state index in [-0.39, 0.29) is 23.9 Å². The Labute approximate surface area is 154 Å². The summed E-state index contributed by atoms with van der Waals surface area (Å²) in [5.41, 5.74) is 1.26. The molecule has 1 aromatic carbocycles. The summed E-state index contributed by atoms with van der Waals surface area (Å²) in [6.45, 7) is 2.94. The Morgan fingerprint density at radius 2 is 2.04 bits per heavy atom. The van der Waals surface area contributed by atoms with Gasteiger partial charge in [-0.25, -0.2) is 0 Å². The van der Waals surface area contributed by atoms with Gasteiger partial charge < -0.3 is 15.4 Å². The molecule has 2 heterocycles. The van der Waals surface area contributed by atoms with Crippen LogP contribution in [0, 0.1) is 11.8 Å². The first-order chi connectivity index (χ1) is 12.6. The second-order valence-corrected chi connectivity index (χ2v) is 7.84. The molecule has 0 radical (unpaired) electrons. The SMILES string of the molecule is COc1cccc(CN2C[C@H]3CC[C@@H](C2)C3NC(=O)C2CCC(=O)N2)c1. The first kappa shape index (κ1) is 17.3. The van der Waals surface area contributed by atoms with Gasteiger partial charge in [0.2, 0.25) is 11.8 Å². The predicted molar refractivity (Wildman–Crippen MR) is 97.6 cm³/mol. The molecule has 4 atom stereocenters. The normalized spacial score (nSPS) is 30.9. The highest BCUT2D eigenvalue weighted by Crippen LogP contribution is 2.37. The smallest absolute Gasteiger partial charge is 0.242 e. The summed E-state index contributed by atoms with van der Waals surface area (Å²) in [7, 11) is 1.69. The summed E-state index contributed by atoms with van der Waals surface area (Å²) < 4.78 is 5.32. The number of nitrogens with one attached hydrogen (secondary N) is 2. The van der Waals surface area contributed by atoms with Crippen molar-refractivity contribution in [3.8, 4) is 5.75 Å². The van der Waals surface area contributed by atoms with Gasteiger partial charge in [-0.1, -0.05) is 12.1 Å². The van der Waals surface area contributed by atoms with Crippen molar-refractivity contribution in [2.75, 3.05) is 20.2 Å². The molecule has 1 saturated carbocycles. The van der Waals surface area contributed by atoms with Gasteiger partial charge in [-0.2, -0.15) is 0 Å². The molecule has 6 heteroatoms. The number of benzene rings is 1. The molecule has 6 nitrogen and oxygen atoms in total. The van der Waals surface area contributed by atoms with E-state index in [2.05, 4.69) is 27.7 Å². The Morgan fingerprint density at radius 1 is 1.27 bits per heavy atom. The third-order valence-electron chi connectivity index (χ3n) is 6.07. The highest BCUT2D eigenvalue weighted by Gasteiger charge is 2.43. The van der Waals surface area contributed by atoms with E-state index < -0.39 is 0 Å². The first-order valence-corrected chi connectivity index (χ1v) is 9.57. The fourth-order valence-electron chi connectivity index (χ4n) is 4.79. The van der Waals surface area contributed by atoms with E-state index in [1.54, 1.807) is 7.11 Å². The summed E-state index contributed by atoms with van der Waals surface area (Å²) in [6, 6.07) is 8.15. The van der Waals surface area contributed by atoms with Crippen LogP contribution in [0.25, 0.3) is 0 Å². The van der Waals surface area contributed by atoms with Crippen LogP contribution in [0.1, 0.15) is 31.2 Å². The molecule has 3 fully saturated rings. The van der Waals surface area contributed by atoms with Crippen molar-refractivity contribution in [2.45, 2.75) is 44.3 Å². The number of ether oxygens (including phenoxy) is 1. The van der Waals surface area contributed by atoms with E-state index in [1.807, 2.05) is 12.1 Å². The summed E-state index contributed by atoms with van der Waals surface area (Å²) in [4.78, 5) is 26.3. The Hall–Kier alpha value is -2.08. The van der Waals surface area contributed by atoms with Crippen LogP contribution >= 0.6 is 0 Å². The number of methoxy groups -OCH3 is 1. The number of carbonyl (C=O) groups excluding carboxylic acids is 2. The monoisotopic (exact) mass is 357 g/mol. The molecule has 0 spiro atoms. The Balaban J connectivity index is 1.35. The molecule has 2 saturated heterocycles. The van der Waals surface area contributed by atoms with Crippen molar-refractivity contribution in [1.82, 2.24) is 15.5 Å². The second-order valence-electron chi connectivity index (χ2n) is 7.84. The predicted octanol–water partition coefficient (Wildman–Crippen LogP) is 1.30. The van der Waals surface area contributed by atoms with Gasteiger partial charge in [0.15, 0.2) is 0 Å². The van der Waals surface area contributed by atoms with Crippen LogP contribution in [0.15, 0.2) is 24.3 Å². The van der Waals surface area contributed by atoms with Crippen LogP contribution < -0.4 is 15.4 Å². The third kappa shape index (κ3) is 3.56. The molecule has 2 unspecified atom stereocenters. The van der Waals surface area contributed by atoms with Gasteiger partial charge in [-0.05, 0) is 48.8 Å². The number of amides is 2. The van der Waals surface area contributed by atoms with Crippen LogP contribution in [0.2, 0.25) is 0 Å². The molecule has 2 amide bonds. The Bertz CT molecular complexity index is 679. The molecule has 2 N–H and O–H groups in total. The summed E-state index contributed by atoms with van der Waals surface area (Å²) in [6.07, 6.45) is 3.42. The molecule has 2 aliphatic heterocycles. The fourth-order valence-corrected chi connectivity index (χ4v) is 4.79. The molecule has 140 valence electrons. The quantitative estimate of drug-likeness (QED) is 0.833.